The van der Waals surface area contributed by atoms with Crippen LogP contribution in [0.15, 0.2) is 42.6 Å². The molecule has 0 atom stereocenters. The van der Waals surface area contributed by atoms with Crippen LogP contribution in [-0.2, 0) is 13.1 Å². The summed E-state index contributed by atoms with van der Waals surface area (Å²) in [7, 11) is 2.03. The summed E-state index contributed by atoms with van der Waals surface area (Å²) in [5, 5.41) is 8.81. The average molecular weight is 244 g/mol. The third-order valence-electron chi connectivity index (χ3n) is 2.76. The van der Waals surface area contributed by atoms with Crippen LogP contribution in [0.4, 0.5) is 0 Å². The number of nitrogens with one attached hydrogen (secondary N) is 1. The Bertz CT molecular complexity index is 503. The molecule has 0 aliphatic carbocycles. The molecule has 0 fully saturated rings. The van der Waals surface area contributed by atoms with Gasteiger partial charge in [-0.25, -0.2) is 4.79 Å². The Hall–Kier alpha value is -2.07. The van der Waals surface area contributed by atoms with Gasteiger partial charge in [0.25, 0.3) is 0 Å². The third kappa shape index (κ3) is 3.21. The van der Waals surface area contributed by atoms with Gasteiger partial charge in [-0.2, -0.15) is 0 Å². The molecule has 0 radical (unpaired) electrons. The molecule has 1 aromatic carbocycles. The van der Waals surface area contributed by atoms with E-state index in [1.54, 1.807) is 12.1 Å². The van der Waals surface area contributed by atoms with Crippen molar-refractivity contribution >= 4 is 5.97 Å². The number of hydrogen-bond acceptors (Lipinski definition) is 2. The molecular weight excluding hydrogens is 228 g/mol. The van der Waals surface area contributed by atoms with E-state index < -0.39 is 5.97 Å². The Balaban J connectivity index is 1.94. The fourth-order valence-electron chi connectivity index (χ4n) is 1.88. The zero-order valence-electron chi connectivity index (χ0n) is 10.3. The third-order valence-corrected chi connectivity index (χ3v) is 2.76. The SMILES string of the molecule is CN(Cc1ccc(C(=O)O)cc1)Cc1ccc[nH]1. The number of carboxylic acid groups (broad SMARTS) is 1. The van der Waals surface area contributed by atoms with Gasteiger partial charge in [0.15, 0.2) is 0 Å². The summed E-state index contributed by atoms with van der Waals surface area (Å²) in [6, 6.07) is 11.0. The Labute approximate surface area is 106 Å². The van der Waals surface area contributed by atoms with Gasteiger partial charge in [-0.3, -0.25) is 4.90 Å². The number of nitrogens with zero attached hydrogens (tertiary/aromatic N) is 1. The van der Waals surface area contributed by atoms with Crippen LogP contribution >= 0.6 is 0 Å². The van der Waals surface area contributed by atoms with Crippen LogP contribution in [0, 0.1) is 0 Å². The van der Waals surface area contributed by atoms with Gasteiger partial charge in [0.05, 0.1) is 5.56 Å². The first kappa shape index (κ1) is 12.4. The molecule has 0 spiro atoms. The number of aromatic nitrogens is 1. The van der Waals surface area contributed by atoms with Gasteiger partial charge in [-0.05, 0) is 36.9 Å². The van der Waals surface area contributed by atoms with Crippen molar-refractivity contribution in [1.82, 2.24) is 9.88 Å². The fraction of sp³-hybridized carbons (Fsp3) is 0.214. The summed E-state index contributed by atoms with van der Waals surface area (Å²) >= 11 is 0. The molecular formula is C14H16N2O2. The zero-order valence-corrected chi connectivity index (χ0v) is 10.3. The zero-order chi connectivity index (χ0) is 13.0. The van der Waals surface area contributed by atoms with Crippen molar-refractivity contribution in [2.45, 2.75) is 13.1 Å². The maximum absolute atomic E-state index is 10.7. The van der Waals surface area contributed by atoms with Gasteiger partial charge in [0.1, 0.15) is 0 Å². The molecule has 0 bridgehead atoms. The van der Waals surface area contributed by atoms with Gasteiger partial charge >= 0.3 is 5.97 Å². The highest BCUT2D eigenvalue weighted by molar-refractivity contribution is 5.87. The van der Waals surface area contributed by atoms with Crippen molar-refractivity contribution in [2.24, 2.45) is 0 Å². The van der Waals surface area contributed by atoms with Crippen LogP contribution in [-0.4, -0.2) is 28.0 Å². The predicted octanol–water partition coefficient (Wildman–Crippen LogP) is 2.34. The molecule has 94 valence electrons. The summed E-state index contributed by atoms with van der Waals surface area (Å²) in [6.45, 7) is 1.63. The molecule has 2 N–H and O–H groups in total. The second-order valence-electron chi connectivity index (χ2n) is 4.37. The van der Waals surface area contributed by atoms with Crippen molar-refractivity contribution < 1.29 is 9.90 Å². The molecule has 0 amide bonds. The molecule has 0 aliphatic rings. The maximum Gasteiger partial charge on any atom is 0.335 e. The number of H-pyrrole nitrogens is 1. The minimum absolute atomic E-state index is 0.325. The number of benzene rings is 1. The minimum atomic E-state index is -0.888. The van der Waals surface area contributed by atoms with Gasteiger partial charge in [0, 0.05) is 25.0 Å². The Morgan fingerprint density at radius 3 is 2.50 bits per heavy atom. The van der Waals surface area contributed by atoms with Crippen LogP contribution in [0.2, 0.25) is 0 Å². The van der Waals surface area contributed by atoms with Crippen LogP contribution in [0.3, 0.4) is 0 Å². The van der Waals surface area contributed by atoms with Crippen molar-refractivity contribution in [1.29, 1.82) is 0 Å². The molecule has 1 aromatic heterocycles. The number of carboxylic acids is 1. The minimum Gasteiger partial charge on any atom is -0.478 e. The molecule has 18 heavy (non-hydrogen) atoms. The summed E-state index contributed by atoms with van der Waals surface area (Å²) in [6.07, 6.45) is 1.91. The summed E-state index contributed by atoms with van der Waals surface area (Å²) < 4.78 is 0. The van der Waals surface area contributed by atoms with E-state index in [1.807, 2.05) is 37.5 Å². The van der Waals surface area contributed by atoms with Crippen molar-refractivity contribution in [3.63, 3.8) is 0 Å². The smallest absolute Gasteiger partial charge is 0.335 e. The van der Waals surface area contributed by atoms with Crippen LogP contribution in [0.1, 0.15) is 21.6 Å². The van der Waals surface area contributed by atoms with Gasteiger partial charge in [0.2, 0.25) is 0 Å². The van der Waals surface area contributed by atoms with E-state index in [9.17, 15) is 4.79 Å². The molecule has 1 heterocycles. The summed E-state index contributed by atoms with van der Waals surface area (Å²) in [4.78, 5) is 16.1. The molecule has 0 aliphatic heterocycles. The number of rotatable bonds is 5. The molecule has 0 saturated heterocycles. The molecule has 4 nitrogen and oxygen atoms in total. The number of aromatic amines is 1. The highest BCUT2D eigenvalue weighted by Gasteiger charge is 2.04. The van der Waals surface area contributed by atoms with E-state index in [-0.39, 0.29) is 0 Å². The maximum atomic E-state index is 10.7. The molecule has 2 rings (SSSR count). The van der Waals surface area contributed by atoms with Crippen LogP contribution in [0.25, 0.3) is 0 Å². The first-order valence-electron chi connectivity index (χ1n) is 5.78. The Morgan fingerprint density at radius 1 is 1.22 bits per heavy atom. The second kappa shape index (κ2) is 5.51. The molecule has 0 saturated carbocycles. The number of carbonyl (C=O) groups is 1. The van der Waals surface area contributed by atoms with E-state index in [4.69, 9.17) is 5.11 Å². The Morgan fingerprint density at radius 2 is 1.94 bits per heavy atom. The monoisotopic (exact) mass is 244 g/mol. The highest BCUT2D eigenvalue weighted by Crippen LogP contribution is 2.09. The number of aromatic carboxylic acids is 1. The van der Waals surface area contributed by atoms with Crippen molar-refractivity contribution in [3.8, 4) is 0 Å². The van der Waals surface area contributed by atoms with E-state index in [1.165, 1.54) is 5.69 Å². The quantitative estimate of drug-likeness (QED) is 0.848. The molecule has 0 unspecified atom stereocenters. The van der Waals surface area contributed by atoms with Gasteiger partial charge < -0.3 is 10.1 Å². The van der Waals surface area contributed by atoms with Crippen molar-refractivity contribution in [2.75, 3.05) is 7.05 Å². The summed E-state index contributed by atoms with van der Waals surface area (Å²) in [5.74, 6) is -0.888. The van der Waals surface area contributed by atoms with E-state index in [0.29, 0.717) is 5.56 Å². The first-order valence-corrected chi connectivity index (χ1v) is 5.78. The highest BCUT2D eigenvalue weighted by atomic mass is 16.4. The summed E-state index contributed by atoms with van der Waals surface area (Å²) in [5.41, 5.74) is 2.60. The van der Waals surface area contributed by atoms with E-state index in [2.05, 4.69) is 9.88 Å². The number of hydrogen-bond donors (Lipinski definition) is 2. The standard InChI is InChI=1S/C14H16N2O2/c1-16(10-13-3-2-8-15-13)9-11-4-6-12(7-5-11)14(17)18/h2-8,15H,9-10H2,1H3,(H,17,18). The van der Waals surface area contributed by atoms with Gasteiger partial charge in [-0.15, -0.1) is 0 Å². The lowest BCUT2D eigenvalue weighted by molar-refractivity contribution is 0.0697. The van der Waals surface area contributed by atoms with Gasteiger partial charge in [-0.1, -0.05) is 12.1 Å². The second-order valence-corrected chi connectivity index (χ2v) is 4.37. The van der Waals surface area contributed by atoms with Crippen LogP contribution < -0.4 is 0 Å². The normalized spacial score (nSPS) is 10.8. The lowest BCUT2D eigenvalue weighted by atomic mass is 10.1. The fourth-order valence-corrected chi connectivity index (χ4v) is 1.88. The first-order chi connectivity index (χ1) is 8.65. The van der Waals surface area contributed by atoms with Crippen molar-refractivity contribution in [3.05, 3.63) is 59.4 Å². The average Bonchev–Trinajstić information content (AvgIpc) is 2.82. The lowest BCUT2D eigenvalue weighted by Crippen LogP contribution is -2.17. The molecule has 2 aromatic rings. The Kier molecular flexibility index (Phi) is 3.79. The largest absolute Gasteiger partial charge is 0.478 e. The van der Waals surface area contributed by atoms with Crippen LogP contribution in [0.5, 0.6) is 0 Å². The molecule has 4 heteroatoms. The topological polar surface area (TPSA) is 56.3 Å². The van der Waals surface area contributed by atoms with E-state index >= 15 is 0 Å². The van der Waals surface area contributed by atoms with E-state index in [0.717, 1.165) is 18.7 Å². The lowest BCUT2D eigenvalue weighted by Gasteiger charge is -2.15. The predicted molar refractivity (Wildman–Crippen MR) is 69.4 cm³/mol.